The maximum absolute atomic E-state index is 13.3. The second-order valence-corrected chi connectivity index (χ2v) is 8.82. The maximum atomic E-state index is 13.3. The lowest BCUT2D eigenvalue weighted by Gasteiger charge is -2.16. The van der Waals surface area contributed by atoms with Gasteiger partial charge in [0.25, 0.3) is 5.56 Å². The first kappa shape index (κ1) is 23.6. The first-order valence-corrected chi connectivity index (χ1v) is 11.9. The van der Waals surface area contributed by atoms with Crippen LogP contribution in [-0.4, -0.2) is 28.1 Å². The van der Waals surface area contributed by atoms with Gasteiger partial charge in [-0.1, -0.05) is 77.4 Å². The molecule has 182 valence electrons. The topological polar surface area (TPSA) is 92.9 Å². The van der Waals surface area contributed by atoms with E-state index in [1.807, 2.05) is 55.5 Å². The van der Waals surface area contributed by atoms with Crippen molar-refractivity contribution in [2.75, 3.05) is 6.54 Å². The van der Waals surface area contributed by atoms with Crippen molar-refractivity contribution >= 4 is 22.8 Å². The number of fused-ring (bicyclic) bond motifs is 1. The Morgan fingerprint density at radius 2 is 1.83 bits per heavy atom. The van der Waals surface area contributed by atoms with E-state index >= 15 is 0 Å². The number of aryl methyl sites for hydroxylation is 1. The lowest BCUT2D eigenvalue weighted by molar-refractivity contribution is 0.122. The molecule has 0 amide bonds. The van der Waals surface area contributed by atoms with Gasteiger partial charge in [-0.3, -0.25) is 10.2 Å². The highest BCUT2D eigenvalue weighted by atomic mass is 16.6. The Labute approximate surface area is 209 Å². The predicted octanol–water partition coefficient (Wildman–Crippen LogP) is 3.94. The van der Waals surface area contributed by atoms with Gasteiger partial charge in [0.2, 0.25) is 0 Å². The van der Waals surface area contributed by atoms with Crippen LogP contribution in [0.1, 0.15) is 35.5 Å². The van der Waals surface area contributed by atoms with E-state index in [9.17, 15) is 4.79 Å². The van der Waals surface area contributed by atoms with E-state index in [0.717, 1.165) is 16.8 Å². The molecule has 0 bridgehead atoms. The molecule has 1 fully saturated rings. The lowest BCUT2D eigenvalue weighted by Crippen LogP contribution is -2.25. The largest absolute Gasteiger partial charge is 0.387 e. The van der Waals surface area contributed by atoms with Crippen LogP contribution < -0.4 is 16.4 Å². The zero-order valence-corrected chi connectivity index (χ0v) is 20.3. The molecule has 1 saturated heterocycles. The first-order valence-electron chi connectivity index (χ1n) is 11.9. The molecule has 8 heteroatoms. The highest BCUT2D eigenvalue weighted by Gasteiger charge is 2.27. The van der Waals surface area contributed by atoms with Gasteiger partial charge < -0.3 is 4.84 Å². The molecule has 8 nitrogen and oxygen atoms in total. The van der Waals surface area contributed by atoms with Gasteiger partial charge in [0, 0.05) is 18.7 Å². The number of oxime groups is 1. The zero-order chi connectivity index (χ0) is 24.9. The Bertz CT molecular complexity index is 1460. The second kappa shape index (κ2) is 10.6. The van der Waals surface area contributed by atoms with Gasteiger partial charge in [-0.15, -0.1) is 0 Å². The molecule has 2 N–H and O–H groups in total. The van der Waals surface area contributed by atoms with Crippen molar-refractivity contribution in [3.05, 3.63) is 112 Å². The molecule has 0 radical (unpaired) electrons. The number of hydrogen-bond acceptors (Lipinski definition) is 7. The average molecular weight is 481 g/mol. The summed E-state index contributed by atoms with van der Waals surface area (Å²) >= 11 is 0. The third-order valence-electron chi connectivity index (χ3n) is 6.24. The van der Waals surface area contributed by atoms with E-state index in [2.05, 4.69) is 57.3 Å². The molecule has 3 aromatic carbocycles. The Kier molecular flexibility index (Phi) is 6.97. The molecule has 0 aliphatic carbocycles. The molecule has 0 spiro atoms. The van der Waals surface area contributed by atoms with Crippen molar-refractivity contribution in [3.63, 3.8) is 0 Å². The molecule has 2 atom stereocenters. The Morgan fingerprint density at radius 3 is 2.64 bits per heavy atom. The van der Waals surface area contributed by atoms with E-state index in [0.29, 0.717) is 23.3 Å². The standard InChI is InChI=1S/C28H28N6O2/c1-19-12-14-22(15-13-19)27-23(16-29-32-27)17-30-34-26(31-25-11-7-6-10-24(25)28(34)35)18-36-33-20(2)21-8-4-3-5-9-21/h3-15,17,23,27,29,32H,16,18H2,1-2H3/b30-17+,33-20+. The van der Waals surface area contributed by atoms with Crippen LogP contribution in [0.25, 0.3) is 10.9 Å². The van der Waals surface area contributed by atoms with Crippen LogP contribution in [0.2, 0.25) is 0 Å². The minimum Gasteiger partial charge on any atom is -0.387 e. The number of nitrogens with zero attached hydrogens (tertiary/aromatic N) is 4. The summed E-state index contributed by atoms with van der Waals surface area (Å²) in [5.41, 5.74) is 10.9. The number of para-hydroxylation sites is 1. The molecule has 2 unspecified atom stereocenters. The van der Waals surface area contributed by atoms with E-state index < -0.39 is 0 Å². The summed E-state index contributed by atoms with van der Waals surface area (Å²) in [5, 5.41) is 9.32. The zero-order valence-electron chi connectivity index (χ0n) is 20.3. The molecular formula is C28H28N6O2. The van der Waals surface area contributed by atoms with E-state index in [1.54, 1.807) is 12.3 Å². The van der Waals surface area contributed by atoms with Crippen molar-refractivity contribution in [1.29, 1.82) is 0 Å². The molecule has 2 heterocycles. The summed E-state index contributed by atoms with van der Waals surface area (Å²) < 4.78 is 1.32. The molecule has 1 aliphatic heterocycles. The summed E-state index contributed by atoms with van der Waals surface area (Å²) in [6.45, 7) is 4.63. The van der Waals surface area contributed by atoms with E-state index in [-0.39, 0.29) is 24.1 Å². The fourth-order valence-corrected chi connectivity index (χ4v) is 4.21. The van der Waals surface area contributed by atoms with Crippen LogP contribution in [0.4, 0.5) is 0 Å². The Balaban J connectivity index is 1.44. The fourth-order valence-electron chi connectivity index (χ4n) is 4.21. The minimum absolute atomic E-state index is 0.00411. The number of hydrogen-bond donors (Lipinski definition) is 2. The number of nitrogens with one attached hydrogen (secondary N) is 2. The van der Waals surface area contributed by atoms with E-state index in [4.69, 9.17) is 4.84 Å². The number of benzene rings is 3. The highest BCUT2D eigenvalue weighted by molar-refractivity contribution is 5.98. The third kappa shape index (κ3) is 5.10. The van der Waals surface area contributed by atoms with Crippen molar-refractivity contribution in [2.45, 2.75) is 26.5 Å². The molecule has 0 saturated carbocycles. The molecule has 1 aliphatic rings. The van der Waals surface area contributed by atoms with Crippen molar-refractivity contribution < 1.29 is 4.84 Å². The Morgan fingerprint density at radius 1 is 1.08 bits per heavy atom. The van der Waals surface area contributed by atoms with Crippen LogP contribution in [-0.2, 0) is 11.4 Å². The Hall–Kier alpha value is -4.14. The van der Waals surface area contributed by atoms with Crippen molar-refractivity contribution in [2.24, 2.45) is 16.2 Å². The molecular weight excluding hydrogens is 452 g/mol. The van der Waals surface area contributed by atoms with Crippen LogP contribution in [0.5, 0.6) is 0 Å². The number of hydrazine groups is 1. The normalized spacial score (nSPS) is 18.2. The summed E-state index contributed by atoms with van der Waals surface area (Å²) in [4.78, 5) is 23.6. The average Bonchev–Trinajstić information content (AvgIpc) is 3.38. The van der Waals surface area contributed by atoms with Crippen molar-refractivity contribution in [3.8, 4) is 0 Å². The van der Waals surface area contributed by atoms with Gasteiger partial charge >= 0.3 is 0 Å². The summed E-state index contributed by atoms with van der Waals surface area (Å²) in [6.07, 6.45) is 1.80. The summed E-state index contributed by atoms with van der Waals surface area (Å²) in [5.74, 6) is 0.420. The molecule has 4 aromatic rings. The molecule has 36 heavy (non-hydrogen) atoms. The van der Waals surface area contributed by atoms with Crippen molar-refractivity contribution in [1.82, 2.24) is 20.5 Å². The monoisotopic (exact) mass is 480 g/mol. The second-order valence-electron chi connectivity index (χ2n) is 8.82. The third-order valence-corrected chi connectivity index (χ3v) is 6.24. The first-order chi connectivity index (χ1) is 17.6. The predicted molar refractivity (Wildman–Crippen MR) is 142 cm³/mol. The van der Waals surface area contributed by atoms with Gasteiger partial charge in [0.05, 0.1) is 22.7 Å². The lowest BCUT2D eigenvalue weighted by atomic mass is 9.95. The molecule has 5 rings (SSSR count). The SMILES string of the molecule is C/C(=N\OCc1nc2ccccc2c(=O)n1/N=C/C1CNNC1c1ccc(C)cc1)c1ccccc1. The highest BCUT2D eigenvalue weighted by Crippen LogP contribution is 2.24. The quantitative estimate of drug-likeness (QED) is 0.309. The number of aromatic nitrogens is 2. The smallest absolute Gasteiger partial charge is 0.282 e. The van der Waals surface area contributed by atoms with Gasteiger partial charge in [0.1, 0.15) is 0 Å². The maximum Gasteiger partial charge on any atom is 0.282 e. The van der Waals surface area contributed by atoms with Crippen LogP contribution in [0.15, 0.2) is 93.9 Å². The molecule has 1 aromatic heterocycles. The number of rotatable bonds is 7. The van der Waals surface area contributed by atoms with Crippen LogP contribution in [0.3, 0.4) is 0 Å². The minimum atomic E-state index is -0.245. The van der Waals surface area contributed by atoms with Crippen LogP contribution >= 0.6 is 0 Å². The summed E-state index contributed by atoms with van der Waals surface area (Å²) in [6, 6.07) is 25.5. The summed E-state index contributed by atoms with van der Waals surface area (Å²) in [7, 11) is 0. The van der Waals surface area contributed by atoms with Gasteiger partial charge in [-0.2, -0.15) is 9.78 Å². The van der Waals surface area contributed by atoms with Gasteiger partial charge in [-0.25, -0.2) is 10.4 Å². The van der Waals surface area contributed by atoms with Gasteiger partial charge in [-0.05, 0) is 37.1 Å². The van der Waals surface area contributed by atoms with Gasteiger partial charge in [0.15, 0.2) is 12.4 Å². The van der Waals surface area contributed by atoms with E-state index in [1.165, 1.54) is 10.2 Å². The van der Waals surface area contributed by atoms with Crippen LogP contribution in [0, 0.1) is 12.8 Å². The fraction of sp³-hybridized carbons (Fsp3) is 0.214.